The Balaban J connectivity index is 1.22. The number of fused-ring (bicyclic) bond motifs is 6. The van der Waals surface area contributed by atoms with E-state index < -0.39 is 0 Å². The third-order valence-electron chi connectivity index (χ3n) is 11.0. The van der Waals surface area contributed by atoms with Crippen molar-refractivity contribution in [1.82, 2.24) is 19.1 Å². The van der Waals surface area contributed by atoms with Crippen LogP contribution < -0.4 is 0 Å². The molecule has 4 heterocycles. The summed E-state index contributed by atoms with van der Waals surface area (Å²) in [6.07, 6.45) is 3.71. The molecule has 0 fully saturated rings. The molecule has 4 aromatic heterocycles. The van der Waals surface area contributed by atoms with Crippen molar-refractivity contribution in [3.05, 3.63) is 149 Å². The smallest absolute Gasteiger partial charge is 0.187 e. The van der Waals surface area contributed by atoms with Crippen LogP contribution in [0, 0.1) is 17.9 Å². The minimum atomic E-state index is 0.156. The molecule has 5 aromatic carbocycles. The zero-order chi connectivity index (χ0) is 38.8. The Hall–Kier alpha value is -6.96. The minimum absolute atomic E-state index is 0.156. The third kappa shape index (κ3) is 5.55. The van der Waals surface area contributed by atoms with Gasteiger partial charge in [-0.15, -0.1) is 0 Å². The Morgan fingerprint density at radius 2 is 1.48 bits per heavy atom. The highest BCUT2D eigenvalue weighted by Crippen LogP contribution is 2.42. The first-order chi connectivity index (χ1) is 27.1. The maximum atomic E-state index is 9.97. The minimum Gasteiger partial charge on any atom is -0.452 e. The molecule has 0 aliphatic rings. The molecule has 0 N–H and O–H groups in total. The summed E-state index contributed by atoms with van der Waals surface area (Å²) in [5, 5.41) is 13.4. The van der Waals surface area contributed by atoms with E-state index in [4.69, 9.17) is 21.0 Å². The maximum absolute atomic E-state index is 9.97. The van der Waals surface area contributed by atoms with E-state index in [1.54, 1.807) is 6.07 Å². The van der Waals surface area contributed by atoms with Crippen LogP contribution in [0.4, 0.5) is 5.69 Å². The first-order valence-corrected chi connectivity index (χ1v) is 19.2. The lowest BCUT2D eigenvalue weighted by atomic mass is 9.88. The van der Waals surface area contributed by atoms with Crippen LogP contribution in [0.5, 0.6) is 0 Å². The van der Waals surface area contributed by atoms with Crippen LogP contribution in [0.3, 0.4) is 0 Å². The predicted molar refractivity (Wildman–Crippen MR) is 227 cm³/mol. The Morgan fingerprint density at radius 3 is 2.21 bits per heavy atom. The summed E-state index contributed by atoms with van der Waals surface area (Å²) < 4.78 is 11.1. The highest BCUT2D eigenvalue weighted by molar-refractivity contribution is 6.12. The number of nitriles is 1. The Morgan fingerprint density at radius 1 is 0.714 bits per heavy atom. The van der Waals surface area contributed by atoms with Crippen molar-refractivity contribution in [3.8, 4) is 40.0 Å². The molecule has 272 valence electrons. The number of benzene rings is 5. The van der Waals surface area contributed by atoms with Crippen LogP contribution >= 0.6 is 0 Å². The van der Waals surface area contributed by atoms with Gasteiger partial charge in [0.05, 0.1) is 29.0 Å². The first-order valence-electron chi connectivity index (χ1n) is 19.2. The summed E-state index contributed by atoms with van der Waals surface area (Å²) in [6.45, 7) is 20.8. The lowest BCUT2D eigenvalue weighted by Crippen LogP contribution is -2.08. The average molecular weight is 729 g/mol. The highest BCUT2D eigenvalue weighted by Gasteiger charge is 2.24. The number of nitrogens with zero attached hydrogens (tertiary/aromatic N) is 6. The third-order valence-corrected chi connectivity index (χ3v) is 11.0. The molecule has 56 heavy (non-hydrogen) atoms. The van der Waals surface area contributed by atoms with Gasteiger partial charge in [0.15, 0.2) is 17.0 Å². The number of imidazole rings is 1. The zero-order valence-electron chi connectivity index (χ0n) is 32.3. The van der Waals surface area contributed by atoms with Crippen molar-refractivity contribution in [1.29, 1.82) is 5.26 Å². The predicted octanol–water partition coefficient (Wildman–Crippen LogP) is 13.4. The van der Waals surface area contributed by atoms with E-state index in [-0.39, 0.29) is 11.8 Å². The molecule has 0 unspecified atom stereocenters. The van der Waals surface area contributed by atoms with E-state index >= 15 is 0 Å². The Bertz CT molecular complexity index is 3070. The zero-order valence-corrected chi connectivity index (χ0v) is 32.3. The molecule has 0 amide bonds. The standard InChI is InChI=1S/C49H40N6O/c1-28(2)31-15-17-43-40(22-31)37-13-8-9-14-42(37)55(43)44-19-20-52-46-41-23-32(16-18-45(41)56-48(44)46)34-24-38(29(3)4)47(39(25-34)30(5)6)54-27-36(26-50)53-49(54)33-11-10-12-35(21-33)51-7/h8-25,27-30H,1-6H3. The normalized spacial score (nSPS) is 11.8. The van der Waals surface area contributed by atoms with E-state index in [1.165, 1.54) is 16.3 Å². The van der Waals surface area contributed by atoms with Crippen molar-refractivity contribution >= 4 is 49.6 Å². The largest absolute Gasteiger partial charge is 0.452 e. The summed E-state index contributed by atoms with van der Waals surface area (Å²) in [6, 6.07) is 38.0. The molecule has 9 rings (SSSR count). The van der Waals surface area contributed by atoms with Gasteiger partial charge in [0, 0.05) is 34.1 Å². The van der Waals surface area contributed by atoms with E-state index in [0.717, 1.165) is 72.3 Å². The van der Waals surface area contributed by atoms with Gasteiger partial charge in [0.25, 0.3) is 0 Å². The molecule has 7 nitrogen and oxygen atoms in total. The van der Waals surface area contributed by atoms with E-state index in [9.17, 15) is 5.26 Å². The lowest BCUT2D eigenvalue weighted by molar-refractivity contribution is 0.665. The van der Waals surface area contributed by atoms with Crippen LogP contribution in [-0.4, -0.2) is 19.1 Å². The van der Waals surface area contributed by atoms with Gasteiger partial charge in [0.2, 0.25) is 0 Å². The SMILES string of the molecule is [C-]#[N+]c1cccc(-c2nc(C#N)cn2-c2c(C(C)C)cc(-c3ccc4oc5c(-n6c7ccccc7c7cc(C(C)C)ccc76)ccnc5c4c3)cc2C(C)C)c1. The lowest BCUT2D eigenvalue weighted by Gasteiger charge is -2.23. The van der Waals surface area contributed by atoms with Gasteiger partial charge in [-0.1, -0.05) is 90.1 Å². The summed E-state index contributed by atoms with van der Waals surface area (Å²) >= 11 is 0. The topological polar surface area (TPSA) is 76.9 Å². The summed E-state index contributed by atoms with van der Waals surface area (Å²) in [5.41, 5.74) is 14.0. The second-order valence-electron chi connectivity index (χ2n) is 15.5. The maximum Gasteiger partial charge on any atom is 0.187 e. The van der Waals surface area contributed by atoms with Crippen LogP contribution in [0.1, 0.15) is 81.7 Å². The van der Waals surface area contributed by atoms with E-state index in [2.05, 4.69) is 136 Å². The van der Waals surface area contributed by atoms with Gasteiger partial charge in [-0.3, -0.25) is 9.55 Å². The van der Waals surface area contributed by atoms with Crippen molar-refractivity contribution in [3.63, 3.8) is 0 Å². The van der Waals surface area contributed by atoms with Crippen molar-refractivity contribution in [2.45, 2.75) is 59.3 Å². The molecule has 0 aliphatic heterocycles. The Kier molecular flexibility index (Phi) is 8.33. The molecule has 0 saturated carbocycles. The van der Waals surface area contributed by atoms with Crippen molar-refractivity contribution in [2.75, 3.05) is 0 Å². The second kappa shape index (κ2) is 13.4. The van der Waals surface area contributed by atoms with E-state index in [0.29, 0.717) is 23.1 Å². The van der Waals surface area contributed by atoms with Crippen LogP contribution in [-0.2, 0) is 0 Å². The molecule has 0 atom stereocenters. The van der Waals surface area contributed by atoms with Gasteiger partial charge < -0.3 is 8.98 Å². The fraction of sp³-hybridized carbons (Fsp3) is 0.184. The number of pyridine rings is 1. The van der Waals surface area contributed by atoms with Crippen LogP contribution in [0.2, 0.25) is 0 Å². The fourth-order valence-electron chi connectivity index (χ4n) is 8.14. The Labute approximate surface area is 325 Å². The van der Waals surface area contributed by atoms with E-state index in [1.807, 2.05) is 35.2 Å². The van der Waals surface area contributed by atoms with Gasteiger partial charge in [-0.25, -0.2) is 9.83 Å². The number of hydrogen-bond acceptors (Lipinski definition) is 4. The van der Waals surface area contributed by atoms with Crippen molar-refractivity contribution < 1.29 is 4.42 Å². The number of para-hydroxylation sites is 1. The van der Waals surface area contributed by atoms with Gasteiger partial charge in [0.1, 0.15) is 23.0 Å². The van der Waals surface area contributed by atoms with Crippen LogP contribution in [0.25, 0.3) is 82.6 Å². The molecule has 0 spiro atoms. The van der Waals surface area contributed by atoms with Gasteiger partial charge in [-0.2, -0.15) is 5.26 Å². The number of furan rings is 1. The summed E-state index contributed by atoms with van der Waals surface area (Å²) in [5.74, 6) is 1.38. The van der Waals surface area contributed by atoms with Gasteiger partial charge in [-0.05, 0) is 100 Å². The number of hydrogen-bond donors (Lipinski definition) is 0. The van der Waals surface area contributed by atoms with Crippen LogP contribution in [0.15, 0.2) is 120 Å². The second-order valence-corrected chi connectivity index (χ2v) is 15.5. The highest BCUT2D eigenvalue weighted by atomic mass is 16.3. The quantitative estimate of drug-likeness (QED) is 0.153. The molecular weight excluding hydrogens is 689 g/mol. The first kappa shape index (κ1) is 34.8. The summed E-state index contributed by atoms with van der Waals surface area (Å²) in [7, 11) is 0. The van der Waals surface area contributed by atoms with Crippen molar-refractivity contribution in [2.24, 2.45) is 0 Å². The molecule has 0 radical (unpaired) electrons. The fourth-order valence-corrected chi connectivity index (χ4v) is 8.14. The molecule has 0 bridgehead atoms. The number of aromatic nitrogens is 4. The number of rotatable bonds is 7. The molecule has 0 saturated heterocycles. The average Bonchev–Trinajstić information content (AvgIpc) is 3.92. The molecule has 7 heteroatoms. The molecular formula is C49H40N6O. The molecule has 9 aromatic rings. The van der Waals surface area contributed by atoms with Gasteiger partial charge >= 0.3 is 0 Å². The monoisotopic (exact) mass is 728 g/mol. The molecule has 0 aliphatic carbocycles. The summed E-state index contributed by atoms with van der Waals surface area (Å²) in [4.78, 5) is 13.3.